The number of hydrogen-bond donors (Lipinski definition) is 1. The Labute approximate surface area is 104 Å². The summed E-state index contributed by atoms with van der Waals surface area (Å²) in [5, 5.41) is 0. The number of methoxy groups -OCH3 is 1. The number of benzene rings is 1. The van der Waals surface area contributed by atoms with Gasteiger partial charge in [0.25, 0.3) is 0 Å². The zero-order valence-corrected chi connectivity index (χ0v) is 11.2. The average Bonchev–Trinajstić information content (AvgIpc) is 2.35. The van der Waals surface area contributed by atoms with Crippen molar-refractivity contribution in [3.63, 3.8) is 0 Å². The van der Waals surface area contributed by atoms with Crippen LogP contribution in [0.25, 0.3) is 0 Å². The monoisotopic (exact) mass is 237 g/mol. The van der Waals surface area contributed by atoms with Crippen molar-refractivity contribution in [2.75, 3.05) is 13.7 Å². The molecule has 2 atom stereocenters. The van der Waals surface area contributed by atoms with Crippen LogP contribution in [0.5, 0.6) is 11.5 Å². The average molecular weight is 237 g/mol. The first-order valence-electron chi connectivity index (χ1n) is 6.14. The van der Waals surface area contributed by atoms with Gasteiger partial charge in [-0.3, -0.25) is 0 Å². The summed E-state index contributed by atoms with van der Waals surface area (Å²) in [6.45, 7) is 7.00. The lowest BCUT2D eigenvalue weighted by molar-refractivity contribution is 0.252. The molecule has 0 saturated carbocycles. The fourth-order valence-corrected chi connectivity index (χ4v) is 1.49. The van der Waals surface area contributed by atoms with Crippen LogP contribution >= 0.6 is 0 Å². The fraction of sp³-hybridized carbons (Fsp3) is 0.571. The predicted molar refractivity (Wildman–Crippen MR) is 70.5 cm³/mol. The molecule has 0 fully saturated rings. The van der Waals surface area contributed by atoms with Crippen LogP contribution in [0.3, 0.4) is 0 Å². The van der Waals surface area contributed by atoms with Gasteiger partial charge in [-0.05, 0) is 18.9 Å². The van der Waals surface area contributed by atoms with E-state index >= 15 is 0 Å². The van der Waals surface area contributed by atoms with Gasteiger partial charge in [0, 0.05) is 17.7 Å². The van der Waals surface area contributed by atoms with Gasteiger partial charge in [0.15, 0.2) is 0 Å². The summed E-state index contributed by atoms with van der Waals surface area (Å²) in [6.07, 6.45) is 1.11. The first-order chi connectivity index (χ1) is 8.08. The topological polar surface area (TPSA) is 44.5 Å². The van der Waals surface area contributed by atoms with Crippen molar-refractivity contribution >= 4 is 0 Å². The molecule has 0 saturated heterocycles. The number of rotatable bonds is 6. The third-order valence-corrected chi connectivity index (χ3v) is 2.93. The van der Waals surface area contributed by atoms with E-state index in [1.165, 1.54) is 0 Å². The van der Waals surface area contributed by atoms with Gasteiger partial charge in [-0.15, -0.1) is 0 Å². The van der Waals surface area contributed by atoms with Crippen molar-refractivity contribution in [3.05, 3.63) is 23.8 Å². The highest BCUT2D eigenvalue weighted by Crippen LogP contribution is 2.29. The van der Waals surface area contributed by atoms with Crippen LogP contribution in [0.1, 0.15) is 38.8 Å². The van der Waals surface area contributed by atoms with Crippen molar-refractivity contribution in [1.82, 2.24) is 0 Å². The second-order valence-electron chi connectivity index (χ2n) is 4.52. The van der Waals surface area contributed by atoms with Gasteiger partial charge in [-0.25, -0.2) is 0 Å². The highest BCUT2D eigenvalue weighted by Gasteiger charge is 2.10. The predicted octanol–water partition coefficient (Wildman–Crippen LogP) is 3.14. The van der Waals surface area contributed by atoms with E-state index in [1.807, 2.05) is 25.1 Å². The highest BCUT2D eigenvalue weighted by molar-refractivity contribution is 5.42. The molecular formula is C14H23NO2. The van der Waals surface area contributed by atoms with Crippen LogP contribution in [0.2, 0.25) is 0 Å². The van der Waals surface area contributed by atoms with Crippen molar-refractivity contribution in [2.45, 2.75) is 33.2 Å². The van der Waals surface area contributed by atoms with Crippen molar-refractivity contribution < 1.29 is 9.47 Å². The molecule has 2 N–H and O–H groups in total. The Morgan fingerprint density at radius 1 is 1.29 bits per heavy atom. The second kappa shape index (κ2) is 6.50. The maximum absolute atomic E-state index is 5.92. The molecule has 1 aromatic carbocycles. The second-order valence-corrected chi connectivity index (χ2v) is 4.52. The summed E-state index contributed by atoms with van der Waals surface area (Å²) >= 11 is 0. The largest absolute Gasteiger partial charge is 0.497 e. The first kappa shape index (κ1) is 13.8. The smallest absolute Gasteiger partial charge is 0.127 e. The quantitative estimate of drug-likeness (QED) is 0.826. The lowest BCUT2D eigenvalue weighted by Gasteiger charge is -2.17. The van der Waals surface area contributed by atoms with E-state index in [1.54, 1.807) is 7.11 Å². The van der Waals surface area contributed by atoms with Crippen LogP contribution in [0.15, 0.2) is 18.2 Å². The van der Waals surface area contributed by atoms with Crippen molar-refractivity contribution in [3.8, 4) is 11.5 Å². The van der Waals surface area contributed by atoms with E-state index in [0.717, 1.165) is 23.5 Å². The lowest BCUT2D eigenvalue weighted by atomic mass is 10.1. The molecule has 3 nitrogen and oxygen atoms in total. The van der Waals surface area contributed by atoms with E-state index < -0.39 is 0 Å². The number of nitrogens with two attached hydrogens (primary N) is 1. The molecule has 0 heterocycles. The Hall–Kier alpha value is -1.22. The zero-order valence-electron chi connectivity index (χ0n) is 11.2. The zero-order chi connectivity index (χ0) is 12.8. The van der Waals surface area contributed by atoms with Gasteiger partial charge in [0.2, 0.25) is 0 Å². The molecule has 0 aliphatic heterocycles. The maximum Gasteiger partial charge on any atom is 0.127 e. The summed E-state index contributed by atoms with van der Waals surface area (Å²) < 4.78 is 11.0. The Morgan fingerprint density at radius 2 is 2.00 bits per heavy atom. The fourth-order valence-electron chi connectivity index (χ4n) is 1.49. The molecule has 17 heavy (non-hydrogen) atoms. The normalized spacial score (nSPS) is 14.2. The summed E-state index contributed by atoms with van der Waals surface area (Å²) in [6, 6.07) is 5.75. The summed E-state index contributed by atoms with van der Waals surface area (Å²) in [7, 11) is 1.65. The molecular weight excluding hydrogens is 214 g/mol. The molecule has 0 spiro atoms. The molecule has 0 amide bonds. The third-order valence-electron chi connectivity index (χ3n) is 2.93. The number of hydrogen-bond acceptors (Lipinski definition) is 3. The standard InChI is InChI=1S/C14H23NO2/c1-5-10(2)9-17-14-8-12(16-4)6-7-13(14)11(3)15/h6-8,10-11H,5,9,15H2,1-4H3/t10?,11-/m1/s1. The van der Waals surface area contributed by atoms with Crippen LogP contribution in [-0.2, 0) is 0 Å². The molecule has 0 radical (unpaired) electrons. The van der Waals surface area contributed by atoms with Crippen molar-refractivity contribution in [2.24, 2.45) is 11.7 Å². The van der Waals surface area contributed by atoms with Crippen molar-refractivity contribution in [1.29, 1.82) is 0 Å². The molecule has 3 heteroatoms. The van der Waals surface area contributed by atoms with E-state index in [2.05, 4.69) is 13.8 Å². The van der Waals surface area contributed by atoms with Gasteiger partial charge in [-0.1, -0.05) is 26.3 Å². The molecule has 96 valence electrons. The summed E-state index contributed by atoms with van der Waals surface area (Å²) in [4.78, 5) is 0. The number of ether oxygens (including phenoxy) is 2. The maximum atomic E-state index is 5.92. The summed E-state index contributed by atoms with van der Waals surface area (Å²) in [5.74, 6) is 2.18. The Morgan fingerprint density at radius 3 is 2.53 bits per heavy atom. The minimum Gasteiger partial charge on any atom is -0.497 e. The van der Waals surface area contributed by atoms with E-state index in [-0.39, 0.29) is 6.04 Å². The highest BCUT2D eigenvalue weighted by atomic mass is 16.5. The molecule has 1 unspecified atom stereocenters. The molecule has 0 aromatic heterocycles. The molecule has 1 aromatic rings. The lowest BCUT2D eigenvalue weighted by Crippen LogP contribution is -2.12. The minimum atomic E-state index is -0.0344. The molecule has 0 aliphatic carbocycles. The van der Waals surface area contributed by atoms with Gasteiger partial charge in [0.05, 0.1) is 13.7 Å². The first-order valence-corrected chi connectivity index (χ1v) is 6.14. The van der Waals surface area contributed by atoms with Crippen LogP contribution < -0.4 is 15.2 Å². The Kier molecular flexibility index (Phi) is 5.29. The van der Waals surface area contributed by atoms with Gasteiger partial charge in [-0.2, -0.15) is 0 Å². The molecule has 0 bridgehead atoms. The molecule has 0 aliphatic rings. The van der Waals surface area contributed by atoms with E-state index in [0.29, 0.717) is 12.5 Å². The van der Waals surface area contributed by atoms with Gasteiger partial charge in [0.1, 0.15) is 11.5 Å². The third kappa shape index (κ3) is 3.93. The molecule has 1 rings (SSSR count). The SMILES string of the molecule is CCC(C)COc1cc(OC)ccc1[C@@H](C)N. The van der Waals surface area contributed by atoms with Gasteiger partial charge < -0.3 is 15.2 Å². The Bertz CT molecular complexity index is 350. The Balaban J connectivity index is 2.85. The van der Waals surface area contributed by atoms with Crippen LogP contribution in [0.4, 0.5) is 0 Å². The minimum absolute atomic E-state index is 0.0344. The summed E-state index contributed by atoms with van der Waals surface area (Å²) in [5.41, 5.74) is 6.95. The van der Waals surface area contributed by atoms with E-state index in [9.17, 15) is 0 Å². The van der Waals surface area contributed by atoms with Gasteiger partial charge >= 0.3 is 0 Å². The van der Waals surface area contributed by atoms with E-state index in [4.69, 9.17) is 15.2 Å². The van der Waals surface area contributed by atoms with Crippen LogP contribution in [0, 0.1) is 5.92 Å². The van der Waals surface area contributed by atoms with Crippen LogP contribution in [-0.4, -0.2) is 13.7 Å².